The molecule has 0 spiro atoms. The Balaban J connectivity index is 2.02. The Morgan fingerprint density at radius 2 is 1.92 bits per heavy atom. The van der Waals surface area contributed by atoms with Crippen molar-refractivity contribution in [2.24, 2.45) is 0 Å². The number of ether oxygens (including phenoxy) is 2. The Kier molecular flexibility index (Phi) is 5.00. The van der Waals surface area contributed by atoms with E-state index in [-0.39, 0.29) is 0 Å². The van der Waals surface area contributed by atoms with Gasteiger partial charge in [-0.1, -0.05) is 15.9 Å². The van der Waals surface area contributed by atoms with Gasteiger partial charge in [0.1, 0.15) is 0 Å². The lowest BCUT2D eigenvalue weighted by Gasteiger charge is -2.11. The Morgan fingerprint density at radius 3 is 2.67 bits per heavy atom. The van der Waals surface area contributed by atoms with Crippen molar-refractivity contribution < 1.29 is 9.47 Å². The van der Waals surface area contributed by atoms with Crippen LogP contribution in [0, 0.1) is 6.92 Å². The van der Waals surface area contributed by atoms with Crippen LogP contribution in [0.4, 0.5) is 0 Å². The third-order valence-electron chi connectivity index (χ3n) is 3.69. The van der Waals surface area contributed by atoms with E-state index in [2.05, 4.69) is 44.1 Å². The average molecular weight is 387 g/mol. The van der Waals surface area contributed by atoms with E-state index in [1.165, 1.54) is 0 Å². The first-order valence-electron chi connectivity index (χ1n) is 7.82. The molecule has 0 amide bonds. The molecule has 5 heteroatoms. The Labute approximate surface area is 150 Å². The summed E-state index contributed by atoms with van der Waals surface area (Å²) in [6.45, 7) is 4.53. The molecule has 0 aliphatic heterocycles. The molecule has 0 saturated heterocycles. The number of fused-ring (bicyclic) bond motifs is 1. The van der Waals surface area contributed by atoms with Crippen LogP contribution in [0.25, 0.3) is 10.9 Å². The van der Waals surface area contributed by atoms with Gasteiger partial charge in [0.05, 0.1) is 19.2 Å². The predicted octanol–water partition coefficient (Wildman–Crippen LogP) is 4.70. The second-order valence-electron chi connectivity index (χ2n) is 5.56. The molecule has 0 saturated carbocycles. The summed E-state index contributed by atoms with van der Waals surface area (Å²) in [5, 5.41) is 1.08. The maximum Gasteiger partial charge on any atom is 0.217 e. The van der Waals surface area contributed by atoms with E-state index in [1.54, 1.807) is 7.11 Å². The first-order chi connectivity index (χ1) is 11.6. The van der Waals surface area contributed by atoms with Crippen molar-refractivity contribution in [3.8, 4) is 11.8 Å². The van der Waals surface area contributed by atoms with Crippen molar-refractivity contribution in [2.45, 2.75) is 20.3 Å². The van der Waals surface area contributed by atoms with Gasteiger partial charge in [-0.2, -0.15) is 0 Å². The van der Waals surface area contributed by atoms with Crippen molar-refractivity contribution >= 4 is 26.8 Å². The fourth-order valence-electron chi connectivity index (χ4n) is 2.73. The van der Waals surface area contributed by atoms with Crippen LogP contribution in [0.2, 0.25) is 0 Å². The predicted molar refractivity (Wildman–Crippen MR) is 98.9 cm³/mol. The first-order valence-corrected chi connectivity index (χ1v) is 8.62. The standard InChI is InChI=1S/C19H19BrN2O2/c1-4-24-18-9-13(7-12(2)21-18)8-15-10-14-11-16(20)5-6-17(14)22-19(15)23-3/h5-7,9-11H,4,8H2,1-3H3. The number of methoxy groups -OCH3 is 1. The minimum Gasteiger partial charge on any atom is -0.481 e. The smallest absolute Gasteiger partial charge is 0.217 e. The van der Waals surface area contributed by atoms with Crippen LogP contribution in [0.5, 0.6) is 11.8 Å². The maximum atomic E-state index is 5.54. The second kappa shape index (κ2) is 7.18. The van der Waals surface area contributed by atoms with Crippen molar-refractivity contribution in [1.82, 2.24) is 9.97 Å². The van der Waals surface area contributed by atoms with Crippen LogP contribution in [0.3, 0.4) is 0 Å². The summed E-state index contributed by atoms with van der Waals surface area (Å²) in [7, 11) is 1.65. The number of aromatic nitrogens is 2. The molecule has 2 heterocycles. The summed E-state index contributed by atoms with van der Waals surface area (Å²) in [5.41, 5.74) is 4.02. The summed E-state index contributed by atoms with van der Waals surface area (Å²) in [5.74, 6) is 1.31. The zero-order valence-electron chi connectivity index (χ0n) is 14.0. The largest absolute Gasteiger partial charge is 0.481 e. The van der Waals surface area contributed by atoms with Crippen LogP contribution in [0.15, 0.2) is 40.9 Å². The first kappa shape index (κ1) is 16.7. The molecule has 124 valence electrons. The van der Waals surface area contributed by atoms with E-state index in [0.29, 0.717) is 24.8 Å². The van der Waals surface area contributed by atoms with Gasteiger partial charge < -0.3 is 9.47 Å². The fourth-order valence-corrected chi connectivity index (χ4v) is 3.11. The van der Waals surface area contributed by atoms with E-state index in [4.69, 9.17) is 9.47 Å². The number of pyridine rings is 2. The minimum atomic E-state index is 0.602. The number of halogens is 1. The van der Waals surface area contributed by atoms with E-state index < -0.39 is 0 Å². The highest BCUT2D eigenvalue weighted by Crippen LogP contribution is 2.27. The molecule has 3 aromatic rings. The van der Waals surface area contributed by atoms with E-state index in [0.717, 1.165) is 32.2 Å². The number of aryl methyl sites for hydroxylation is 1. The highest BCUT2D eigenvalue weighted by Gasteiger charge is 2.10. The molecule has 0 N–H and O–H groups in total. The van der Waals surface area contributed by atoms with Crippen LogP contribution in [-0.4, -0.2) is 23.7 Å². The van der Waals surface area contributed by atoms with Gasteiger partial charge in [0.2, 0.25) is 11.8 Å². The molecule has 0 atom stereocenters. The zero-order valence-corrected chi connectivity index (χ0v) is 15.6. The molecule has 2 aromatic heterocycles. The molecule has 0 aliphatic carbocycles. The third kappa shape index (κ3) is 3.67. The summed E-state index contributed by atoms with van der Waals surface area (Å²) < 4.78 is 12.1. The minimum absolute atomic E-state index is 0.602. The van der Waals surface area contributed by atoms with Crippen molar-refractivity contribution in [3.05, 3.63) is 57.7 Å². The van der Waals surface area contributed by atoms with Gasteiger partial charge in [0, 0.05) is 33.6 Å². The lowest BCUT2D eigenvalue weighted by Crippen LogP contribution is -2.00. The number of nitrogens with zero attached hydrogens (tertiary/aromatic N) is 2. The van der Waals surface area contributed by atoms with Crippen LogP contribution < -0.4 is 9.47 Å². The van der Waals surface area contributed by atoms with E-state index >= 15 is 0 Å². The highest BCUT2D eigenvalue weighted by molar-refractivity contribution is 9.10. The summed E-state index contributed by atoms with van der Waals surface area (Å²) >= 11 is 3.51. The van der Waals surface area contributed by atoms with E-state index in [1.807, 2.05) is 32.0 Å². The Morgan fingerprint density at radius 1 is 1.08 bits per heavy atom. The molecule has 1 aromatic carbocycles. The van der Waals surface area contributed by atoms with Gasteiger partial charge in [-0.3, -0.25) is 0 Å². The van der Waals surface area contributed by atoms with Gasteiger partial charge in [0.15, 0.2) is 0 Å². The monoisotopic (exact) mass is 386 g/mol. The number of rotatable bonds is 5. The van der Waals surface area contributed by atoms with Gasteiger partial charge >= 0.3 is 0 Å². The highest BCUT2D eigenvalue weighted by atomic mass is 79.9. The summed E-state index contributed by atoms with van der Waals surface area (Å²) in [6.07, 6.45) is 0.710. The molecule has 0 unspecified atom stereocenters. The number of benzene rings is 1. The molecular weight excluding hydrogens is 368 g/mol. The second-order valence-corrected chi connectivity index (χ2v) is 6.47. The van der Waals surface area contributed by atoms with Gasteiger partial charge in [-0.25, -0.2) is 9.97 Å². The fraction of sp³-hybridized carbons (Fsp3) is 0.263. The Bertz CT molecular complexity index is 881. The van der Waals surface area contributed by atoms with Crippen molar-refractivity contribution in [2.75, 3.05) is 13.7 Å². The third-order valence-corrected chi connectivity index (χ3v) is 4.18. The van der Waals surface area contributed by atoms with Crippen LogP contribution in [-0.2, 0) is 6.42 Å². The molecule has 24 heavy (non-hydrogen) atoms. The SMILES string of the molecule is CCOc1cc(Cc2cc3cc(Br)ccc3nc2OC)cc(C)n1. The number of hydrogen-bond acceptors (Lipinski definition) is 4. The van der Waals surface area contributed by atoms with Gasteiger partial charge in [-0.05, 0) is 49.7 Å². The average Bonchev–Trinajstić information content (AvgIpc) is 2.54. The van der Waals surface area contributed by atoms with Gasteiger partial charge in [-0.15, -0.1) is 0 Å². The number of hydrogen-bond donors (Lipinski definition) is 0. The van der Waals surface area contributed by atoms with Crippen LogP contribution >= 0.6 is 15.9 Å². The molecule has 0 radical (unpaired) electrons. The lowest BCUT2D eigenvalue weighted by atomic mass is 10.0. The quantitative estimate of drug-likeness (QED) is 0.637. The maximum absolute atomic E-state index is 5.54. The van der Waals surface area contributed by atoms with Crippen LogP contribution in [0.1, 0.15) is 23.7 Å². The summed E-state index contributed by atoms with van der Waals surface area (Å²) in [4.78, 5) is 9.02. The molecule has 4 nitrogen and oxygen atoms in total. The molecular formula is C19H19BrN2O2. The summed E-state index contributed by atoms with van der Waals surface area (Å²) in [6, 6.07) is 12.2. The Hall–Kier alpha value is -2.14. The zero-order chi connectivity index (χ0) is 17.1. The molecule has 0 bridgehead atoms. The molecule has 0 fully saturated rings. The molecule has 3 rings (SSSR count). The molecule has 0 aliphatic rings. The van der Waals surface area contributed by atoms with Gasteiger partial charge in [0.25, 0.3) is 0 Å². The van der Waals surface area contributed by atoms with Crippen molar-refractivity contribution in [1.29, 1.82) is 0 Å². The normalized spacial score (nSPS) is 10.8. The van der Waals surface area contributed by atoms with E-state index in [9.17, 15) is 0 Å². The van der Waals surface area contributed by atoms with Crippen molar-refractivity contribution in [3.63, 3.8) is 0 Å². The topological polar surface area (TPSA) is 44.2 Å². The lowest BCUT2D eigenvalue weighted by molar-refractivity contribution is 0.326.